The molecule has 0 bridgehead atoms. The third kappa shape index (κ3) is 2.68. The Labute approximate surface area is 123 Å². The zero-order valence-electron chi connectivity index (χ0n) is 12.5. The fourth-order valence-electron chi connectivity index (χ4n) is 2.56. The van der Waals surface area contributed by atoms with E-state index in [0.717, 1.165) is 0 Å². The minimum atomic E-state index is -3.88. The lowest BCUT2D eigenvalue weighted by Crippen LogP contribution is -2.56. The monoisotopic (exact) mass is 316 g/mol. The predicted octanol–water partition coefficient (Wildman–Crippen LogP) is 0.129. The topological polar surface area (TPSA) is 107 Å². The van der Waals surface area contributed by atoms with Gasteiger partial charge in [0, 0.05) is 25.2 Å². The van der Waals surface area contributed by atoms with Crippen molar-refractivity contribution in [2.45, 2.75) is 37.8 Å². The van der Waals surface area contributed by atoms with Crippen LogP contribution in [0.4, 0.5) is 0 Å². The van der Waals surface area contributed by atoms with E-state index in [4.69, 9.17) is 5.11 Å². The molecule has 1 aromatic heterocycles. The molecule has 2 heterocycles. The minimum absolute atomic E-state index is 0.0593. The molecule has 1 saturated heterocycles. The zero-order valence-corrected chi connectivity index (χ0v) is 13.3. The van der Waals surface area contributed by atoms with Crippen molar-refractivity contribution in [1.29, 1.82) is 0 Å². The van der Waals surface area contributed by atoms with Crippen LogP contribution in [0.3, 0.4) is 0 Å². The predicted molar refractivity (Wildman–Crippen MR) is 75.7 cm³/mol. The lowest BCUT2D eigenvalue weighted by Gasteiger charge is -2.41. The van der Waals surface area contributed by atoms with Gasteiger partial charge in [-0.1, -0.05) is 0 Å². The summed E-state index contributed by atoms with van der Waals surface area (Å²) in [4.78, 5) is 13.0. The summed E-state index contributed by atoms with van der Waals surface area (Å²) in [5, 5.41) is 15.1. The lowest BCUT2D eigenvalue weighted by atomic mass is 10.1. The Bertz CT molecular complexity index is 642. The van der Waals surface area contributed by atoms with Gasteiger partial charge >= 0.3 is 5.97 Å². The normalized spacial score (nSPS) is 25.1. The molecule has 8 nitrogen and oxygen atoms in total. The highest BCUT2D eigenvalue weighted by Gasteiger charge is 2.38. The summed E-state index contributed by atoms with van der Waals surface area (Å²) in [6, 6.07) is 0.119. The van der Waals surface area contributed by atoms with Crippen molar-refractivity contribution in [2.75, 3.05) is 20.1 Å². The van der Waals surface area contributed by atoms with Gasteiger partial charge in [-0.05, 0) is 27.8 Å². The minimum Gasteiger partial charge on any atom is -0.476 e. The van der Waals surface area contributed by atoms with Gasteiger partial charge in [0.1, 0.15) is 4.90 Å². The summed E-state index contributed by atoms with van der Waals surface area (Å²) in [5.41, 5.74) is -0.210. The molecule has 0 amide bonds. The highest BCUT2D eigenvalue weighted by molar-refractivity contribution is 7.89. The zero-order chi connectivity index (χ0) is 15.9. The maximum atomic E-state index is 12.8. The molecule has 1 aliphatic heterocycles. The van der Waals surface area contributed by atoms with Gasteiger partial charge in [-0.3, -0.25) is 10.00 Å². The van der Waals surface area contributed by atoms with Crippen LogP contribution >= 0.6 is 0 Å². The van der Waals surface area contributed by atoms with E-state index in [1.165, 1.54) is 11.2 Å². The lowest BCUT2D eigenvalue weighted by molar-refractivity contribution is 0.0685. The number of carbonyl (C=O) groups is 1. The van der Waals surface area contributed by atoms with Crippen LogP contribution in [0.5, 0.6) is 0 Å². The molecule has 2 atom stereocenters. The first-order valence-corrected chi connectivity index (χ1v) is 8.10. The van der Waals surface area contributed by atoms with Crippen LogP contribution in [0.15, 0.2) is 4.90 Å². The molecule has 0 spiro atoms. The first-order valence-electron chi connectivity index (χ1n) is 6.66. The molecular weight excluding hydrogens is 296 g/mol. The van der Waals surface area contributed by atoms with E-state index in [0.29, 0.717) is 13.1 Å². The van der Waals surface area contributed by atoms with E-state index in [9.17, 15) is 13.2 Å². The first-order chi connectivity index (χ1) is 9.66. The number of carboxylic acids is 1. The highest BCUT2D eigenvalue weighted by Crippen LogP contribution is 2.25. The number of aryl methyl sites for hydroxylation is 1. The summed E-state index contributed by atoms with van der Waals surface area (Å²) in [7, 11) is -1.93. The van der Waals surface area contributed by atoms with Gasteiger partial charge < -0.3 is 5.11 Å². The fraction of sp³-hybridized carbons (Fsp3) is 0.667. The molecule has 0 aromatic carbocycles. The molecule has 0 saturated carbocycles. The third-order valence-corrected chi connectivity index (χ3v) is 6.01. The number of rotatable bonds is 3. The van der Waals surface area contributed by atoms with E-state index < -0.39 is 21.7 Å². The number of carboxylic acid groups (broad SMARTS) is 1. The standard InChI is InChI=1S/C12H20N4O4S/c1-7-5-16(6-8(2)15(7)4)21(19,20)11-9(3)13-14-10(11)12(17)18/h7-8H,5-6H2,1-4H3,(H,13,14)(H,17,18). The van der Waals surface area contributed by atoms with Gasteiger partial charge in [0.05, 0.1) is 5.69 Å². The average molecular weight is 316 g/mol. The summed E-state index contributed by atoms with van der Waals surface area (Å²) in [6.07, 6.45) is 0. The van der Waals surface area contributed by atoms with Crippen LogP contribution in [-0.2, 0) is 10.0 Å². The summed E-state index contributed by atoms with van der Waals surface area (Å²) < 4.78 is 26.9. The molecule has 9 heteroatoms. The maximum absolute atomic E-state index is 12.8. The van der Waals surface area contributed by atoms with E-state index in [1.54, 1.807) is 0 Å². The van der Waals surface area contributed by atoms with Crippen molar-refractivity contribution in [3.05, 3.63) is 11.4 Å². The van der Waals surface area contributed by atoms with E-state index in [-0.39, 0.29) is 22.7 Å². The van der Waals surface area contributed by atoms with Crippen LogP contribution in [0, 0.1) is 6.92 Å². The smallest absolute Gasteiger partial charge is 0.357 e. The molecule has 2 N–H and O–H groups in total. The number of piperazine rings is 1. The van der Waals surface area contributed by atoms with Gasteiger partial charge in [-0.25, -0.2) is 13.2 Å². The van der Waals surface area contributed by atoms with Crippen molar-refractivity contribution in [3.8, 4) is 0 Å². The average Bonchev–Trinajstić information content (AvgIpc) is 2.78. The SMILES string of the molecule is Cc1[nH]nc(C(=O)O)c1S(=O)(=O)N1CC(C)N(C)C(C)C1. The molecule has 0 radical (unpaired) electrons. The number of aromatic amines is 1. The number of aromatic carboxylic acids is 1. The van der Waals surface area contributed by atoms with Gasteiger partial charge in [0.25, 0.3) is 0 Å². The summed E-state index contributed by atoms with van der Waals surface area (Å²) in [6.45, 7) is 6.05. The van der Waals surface area contributed by atoms with E-state index in [1.807, 2.05) is 20.9 Å². The Morgan fingerprint density at radius 3 is 2.33 bits per heavy atom. The Morgan fingerprint density at radius 2 is 1.86 bits per heavy atom. The number of nitrogens with one attached hydrogen (secondary N) is 1. The number of hydrogen-bond donors (Lipinski definition) is 2. The first kappa shape index (κ1) is 15.9. The fourth-order valence-corrected chi connectivity index (χ4v) is 4.45. The van der Waals surface area contributed by atoms with Gasteiger partial charge in [0.15, 0.2) is 5.69 Å². The van der Waals surface area contributed by atoms with Crippen molar-refractivity contribution in [1.82, 2.24) is 19.4 Å². The van der Waals surface area contributed by atoms with Crippen molar-refractivity contribution >= 4 is 16.0 Å². The Hall–Kier alpha value is -1.45. The second-order valence-corrected chi connectivity index (χ2v) is 7.39. The number of sulfonamides is 1. The van der Waals surface area contributed by atoms with Gasteiger partial charge in [-0.2, -0.15) is 9.40 Å². The third-order valence-electron chi connectivity index (χ3n) is 4.02. The molecule has 1 fully saturated rings. The van der Waals surface area contributed by atoms with Crippen LogP contribution < -0.4 is 0 Å². The van der Waals surface area contributed by atoms with Crippen LogP contribution in [-0.4, -0.2) is 71.1 Å². The quantitative estimate of drug-likeness (QED) is 0.821. The molecule has 1 aliphatic rings. The highest BCUT2D eigenvalue weighted by atomic mass is 32.2. The van der Waals surface area contributed by atoms with Crippen LogP contribution in [0.1, 0.15) is 30.0 Å². The van der Waals surface area contributed by atoms with Gasteiger partial charge in [0.2, 0.25) is 10.0 Å². The Kier molecular flexibility index (Phi) is 4.09. The van der Waals surface area contributed by atoms with Crippen molar-refractivity contribution < 1.29 is 18.3 Å². The second kappa shape index (κ2) is 5.39. The second-order valence-electron chi connectivity index (χ2n) is 5.52. The molecule has 21 heavy (non-hydrogen) atoms. The number of nitrogens with zero attached hydrogens (tertiary/aromatic N) is 3. The van der Waals surface area contributed by atoms with Crippen LogP contribution in [0.2, 0.25) is 0 Å². The summed E-state index contributed by atoms with van der Waals surface area (Å²) in [5.74, 6) is -1.35. The maximum Gasteiger partial charge on any atom is 0.357 e. The number of H-pyrrole nitrogens is 1. The van der Waals surface area contributed by atoms with E-state index in [2.05, 4.69) is 15.1 Å². The van der Waals surface area contributed by atoms with Crippen molar-refractivity contribution in [2.24, 2.45) is 0 Å². The van der Waals surface area contributed by atoms with Crippen LogP contribution in [0.25, 0.3) is 0 Å². The Balaban J connectivity index is 2.44. The molecule has 1 aromatic rings. The molecule has 0 aliphatic carbocycles. The van der Waals surface area contributed by atoms with E-state index >= 15 is 0 Å². The molecular formula is C12H20N4O4S. The molecule has 118 valence electrons. The number of aromatic nitrogens is 2. The van der Waals surface area contributed by atoms with Crippen molar-refractivity contribution in [3.63, 3.8) is 0 Å². The number of likely N-dealkylation sites (N-methyl/N-ethyl adjacent to an activating group) is 1. The van der Waals surface area contributed by atoms with Gasteiger partial charge in [-0.15, -0.1) is 0 Å². The molecule has 2 rings (SSSR count). The number of hydrogen-bond acceptors (Lipinski definition) is 5. The molecule has 2 unspecified atom stereocenters. The Morgan fingerprint density at radius 1 is 1.33 bits per heavy atom. The summed E-state index contributed by atoms with van der Waals surface area (Å²) >= 11 is 0. The largest absolute Gasteiger partial charge is 0.476 e.